The lowest BCUT2D eigenvalue weighted by molar-refractivity contribution is 0.354. The second kappa shape index (κ2) is 5.44. The Hall–Kier alpha value is -1.29. The maximum absolute atomic E-state index is 5.17. The Bertz CT molecular complexity index is 315. The van der Waals surface area contributed by atoms with Crippen molar-refractivity contribution >= 4 is 17.7 Å². The van der Waals surface area contributed by atoms with E-state index in [2.05, 4.69) is 17.5 Å². The molecule has 0 radical (unpaired) electrons. The molecule has 0 bridgehead atoms. The Morgan fingerprint density at radius 3 is 2.57 bits per heavy atom. The van der Waals surface area contributed by atoms with Gasteiger partial charge >= 0.3 is 0 Å². The lowest BCUT2D eigenvalue weighted by Crippen LogP contribution is -2.08. The zero-order valence-corrected chi connectivity index (χ0v) is 9.06. The zero-order chi connectivity index (χ0) is 10.4. The van der Waals surface area contributed by atoms with Gasteiger partial charge in [-0.3, -0.25) is 0 Å². The highest BCUT2D eigenvalue weighted by Gasteiger charge is 2.03. The van der Waals surface area contributed by atoms with E-state index in [0.717, 1.165) is 17.1 Å². The molecule has 3 nitrogen and oxygen atoms in total. The molecule has 0 aliphatic carbocycles. The van der Waals surface area contributed by atoms with Crippen molar-refractivity contribution in [2.45, 2.75) is 6.54 Å². The van der Waals surface area contributed by atoms with E-state index in [9.17, 15) is 0 Å². The van der Waals surface area contributed by atoms with Gasteiger partial charge in [-0.25, -0.2) is 0 Å². The molecule has 76 valence electrons. The van der Waals surface area contributed by atoms with Crippen LogP contribution in [0.4, 0.5) is 0 Å². The van der Waals surface area contributed by atoms with E-state index in [1.807, 2.05) is 18.2 Å². The largest absolute Gasteiger partial charge is 0.493 e. The van der Waals surface area contributed by atoms with Gasteiger partial charge in [0, 0.05) is 6.54 Å². The van der Waals surface area contributed by atoms with Crippen LogP contribution in [0.3, 0.4) is 0 Å². The van der Waals surface area contributed by atoms with Crippen LogP contribution in [0.2, 0.25) is 0 Å². The van der Waals surface area contributed by atoms with Gasteiger partial charge in [0.1, 0.15) is 0 Å². The summed E-state index contributed by atoms with van der Waals surface area (Å²) in [5.74, 6) is 1.47. The standard InChI is InChI=1S/C10H13NO2S/c1-12-9-4-3-8(6-11-7-14)5-10(9)13-2/h3-5,7H,6H2,1-2H3,(H,11,14). The smallest absolute Gasteiger partial charge is 0.161 e. The van der Waals surface area contributed by atoms with Gasteiger partial charge in [-0.1, -0.05) is 18.3 Å². The van der Waals surface area contributed by atoms with E-state index in [1.165, 1.54) is 5.49 Å². The van der Waals surface area contributed by atoms with Crippen LogP contribution in [0.5, 0.6) is 11.5 Å². The SMILES string of the molecule is COc1ccc(CNC=S)cc1OC. The van der Waals surface area contributed by atoms with Crippen molar-refractivity contribution in [3.63, 3.8) is 0 Å². The second-order valence-corrected chi connectivity index (χ2v) is 2.92. The number of methoxy groups -OCH3 is 2. The fourth-order valence-corrected chi connectivity index (χ4v) is 1.23. The lowest BCUT2D eigenvalue weighted by Gasteiger charge is -2.09. The zero-order valence-electron chi connectivity index (χ0n) is 8.24. The normalized spacial score (nSPS) is 9.29. The third-order valence-corrected chi connectivity index (χ3v) is 2.00. The van der Waals surface area contributed by atoms with Gasteiger partial charge in [-0.15, -0.1) is 0 Å². The molecule has 14 heavy (non-hydrogen) atoms. The molecule has 0 saturated heterocycles. The number of hydrogen-bond acceptors (Lipinski definition) is 3. The maximum Gasteiger partial charge on any atom is 0.161 e. The molecule has 0 fully saturated rings. The minimum Gasteiger partial charge on any atom is -0.493 e. The Balaban J connectivity index is 2.83. The van der Waals surface area contributed by atoms with Crippen LogP contribution >= 0.6 is 12.2 Å². The van der Waals surface area contributed by atoms with E-state index in [1.54, 1.807) is 14.2 Å². The van der Waals surface area contributed by atoms with Crippen LogP contribution in [0, 0.1) is 0 Å². The van der Waals surface area contributed by atoms with E-state index < -0.39 is 0 Å². The molecular weight excluding hydrogens is 198 g/mol. The summed E-state index contributed by atoms with van der Waals surface area (Å²) < 4.78 is 10.3. The van der Waals surface area contributed by atoms with Crippen molar-refractivity contribution in [1.29, 1.82) is 0 Å². The number of rotatable bonds is 5. The Morgan fingerprint density at radius 1 is 1.29 bits per heavy atom. The molecule has 1 aromatic carbocycles. The monoisotopic (exact) mass is 211 g/mol. The summed E-state index contributed by atoms with van der Waals surface area (Å²) in [7, 11) is 3.24. The number of thiocarbonyl (C=S) groups is 1. The van der Waals surface area contributed by atoms with Gasteiger partial charge in [0.05, 0.1) is 19.7 Å². The van der Waals surface area contributed by atoms with Crippen LogP contribution in [-0.2, 0) is 6.54 Å². The number of benzene rings is 1. The van der Waals surface area contributed by atoms with E-state index in [-0.39, 0.29) is 0 Å². The van der Waals surface area contributed by atoms with Crippen LogP contribution in [-0.4, -0.2) is 19.7 Å². The minimum absolute atomic E-state index is 0.698. The van der Waals surface area contributed by atoms with Gasteiger partial charge in [0.15, 0.2) is 11.5 Å². The molecule has 0 spiro atoms. The predicted molar refractivity (Wildman–Crippen MR) is 60.0 cm³/mol. The number of nitrogens with one attached hydrogen (secondary N) is 1. The summed E-state index contributed by atoms with van der Waals surface area (Å²) in [6.45, 7) is 0.698. The van der Waals surface area contributed by atoms with E-state index in [0.29, 0.717) is 6.54 Å². The third-order valence-electron chi connectivity index (χ3n) is 1.84. The fourth-order valence-electron chi connectivity index (χ4n) is 1.15. The second-order valence-electron chi connectivity index (χ2n) is 2.69. The first kappa shape index (κ1) is 10.8. The average Bonchev–Trinajstić information content (AvgIpc) is 2.25. The molecule has 0 aliphatic heterocycles. The van der Waals surface area contributed by atoms with Crippen LogP contribution < -0.4 is 14.8 Å². The molecule has 0 heterocycles. The summed E-state index contributed by atoms with van der Waals surface area (Å²) in [6.07, 6.45) is 0. The van der Waals surface area contributed by atoms with E-state index in [4.69, 9.17) is 9.47 Å². The van der Waals surface area contributed by atoms with Crippen molar-refractivity contribution in [2.24, 2.45) is 0 Å². The molecule has 0 aromatic heterocycles. The van der Waals surface area contributed by atoms with Gasteiger partial charge in [-0.2, -0.15) is 0 Å². The predicted octanol–water partition coefficient (Wildman–Crippen LogP) is 1.75. The summed E-state index contributed by atoms with van der Waals surface area (Å²) in [6, 6.07) is 5.76. The van der Waals surface area contributed by atoms with Crippen molar-refractivity contribution in [3.8, 4) is 11.5 Å². The first-order chi connectivity index (χ1) is 6.81. The number of ether oxygens (including phenoxy) is 2. The number of hydrogen-bond donors (Lipinski definition) is 1. The fraction of sp³-hybridized carbons (Fsp3) is 0.300. The average molecular weight is 211 g/mol. The quantitative estimate of drug-likeness (QED) is 0.752. The highest BCUT2D eigenvalue weighted by molar-refractivity contribution is 7.78. The van der Waals surface area contributed by atoms with Crippen molar-refractivity contribution in [1.82, 2.24) is 5.32 Å². The topological polar surface area (TPSA) is 30.5 Å². The van der Waals surface area contributed by atoms with E-state index >= 15 is 0 Å². The summed E-state index contributed by atoms with van der Waals surface area (Å²) in [4.78, 5) is 0. The van der Waals surface area contributed by atoms with Crippen LogP contribution in [0.1, 0.15) is 5.56 Å². The Labute approximate surface area is 89.0 Å². The van der Waals surface area contributed by atoms with Crippen molar-refractivity contribution in [2.75, 3.05) is 14.2 Å². The van der Waals surface area contributed by atoms with Crippen molar-refractivity contribution < 1.29 is 9.47 Å². The summed E-state index contributed by atoms with van der Waals surface area (Å²) in [5.41, 5.74) is 2.60. The first-order valence-electron chi connectivity index (χ1n) is 4.19. The highest BCUT2D eigenvalue weighted by Crippen LogP contribution is 2.27. The van der Waals surface area contributed by atoms with Gasteiger partial charge in [0.25, 0.3) is 0 Å². The molecule has 1 aromatic rings. The van der Waals surface area contributed by atoms with Crippen LogP contribution in [0.15, 0.2) is 18.2 Å². The molecule has 0 atom stereocenters. The minimum atomic E-state index is 0.698. The lowest BCUT2D eigenvalue weighted by atomic mass is 10.2. The molecule has 4 heteroatoms. The molecule has 1 N–H and O–H groups in total. The highest BCUT2D eigenvalue weighted by atomic mass is 32.1. The molecule has 0 amide bonds. The molecule has 0 aliphatic rings. The summed E-state index contributed by atoms with van der Waals surface area (Å²) in [5, 5.41) is 2.95. The molecule has 0 unspecified atom stereocenters. The van der Waals surface area contributed by atoms with Gasteiger partial charge in [0.2, 0.25) is 0 Å². The molecule has 1 rings (SSSR count). The van der Waals surface area contributed by atoms with Gasteiger partial charge in [-0.05, 0) is 17.7 Å². The Kier molecular flexibility index (Phi) is 4.19. The van der Waals surface area contributed by atoms with Gasteiger partial charge < -0.3 is 14.8 Å². The first-order valence-corrected chi connectivity index (χ1v) is 4.67. The Morgan fingerprint density at radius 2 is 2.00 bits per heavy atom. The molecular formula is C10H13NO2S. The summed E-state index contributed by atoms with van der Waals surface area (Å²) >= 11 is 4.67. The third kappa shape index (κ3) is 2.60. The maximum atomic E-state index is 5.17. The van der Waals surface area contributed by atoms with Crippen LogP contribution in [0.25, 0.3) is 0 Å². The van der Waals surface area contributed by atoms with Crippen molar-refractivity contribution in [3.05, 3.63) is 23.8 Å². The molecule has 0 saturated carbocycles.